The Bertz CT molecular complexity index is 1480. The lowest BCUT2D eigenvalue weighted by atomic mass is 10.1. The number of nitrogens with zero attached hydrogens (tertiary/aromatic N) is 4. The van der Waals surface area contributed by atoms with Crippen LogP contribution >= 0.6 is 0 Å². The van der Waals surface area contributed by atoms with Gasteiger partial charge >= 0.3 is 6.18 Å². The minimum Gasteiger partial charge on any atom is -0.340 e. The van der Waals surface area contributed by atoms with E-state index in [0.717, 1.165) is 16.3 Å². The number of sulfone groups is 1. The number of aromatic nitrogens is 4. The molecule has 0 aliphatic carbocycles. The molecule has 3 aromatic heterocycles. The first-order chi connectivity index (χ1) is 15.6. The summed E-state index contributed by atoms with van der Waals surface area (Å²) in [6.45, 7) is -1.19. The van der Waals surface area contributed by atoms with E-state index in [9.17, 15) is 21.6 Å². The predicted molar refractivity (Wildman–Crippen MR) is 117 cm³/mol. The van der Waals surface area contributed by atoms with E-state index in [0.29, 0.717) is 28.1 Å². The first-order valence-electron chi connectivity index (χ1n) is 9.50. The van der Waals surface area contributed by atoms with Crippen molar-refractivity contribution in [2.75, 3.05) is 11.6 Å². The van der Waals surface area contributed by atoms with Crippen molar-refractivity contribution in [2.24, 2.45) is 0 Å². The average Bonchev–Trinajstić information content (AvgIpc) is 3.17. The molecule has 0 saturated carbocycles. The minimum absolute atomic E-state index is 0.208. The number of hydrogen-bond donors (Lipinski definition) is 1. The summed E-state index contributed by atoms with van der Waals surface area (Å²) in [7, 11) is -3.29. The molecule has 0 aliphatic rings. The van der Waals surface area contributed by atoms with E-state index in [1.165, 1.54) is 24.5 Å². The van der Waals surface area contributed by atoms with Gasteiger partial charge in [0.1, 0.15) is 18.1 Å². The molecule has 7 nitrogen and oxygen atoms in total. The Kier molecular flexibility index (Phi) is 5.78. The highest BCUT2D eigenvalue weighted by Gasteiger charge is 2.28. The van der Waals surface area contributed by atoms with Crippen molar-refractivity contribution >= 4 is 32.1 Å². The third-order valence-electron chi connectivity index (χ3n) is 4.50. The molecule has 3 heterocycles. The number of rotatable bonds is 4. The van der Waals surface area contributed by atoms with Gasteiger partial charge in [0, 0.05) is 41.3 Å². The Morgan fingerprint density at radius 1 is 1.06 bits per heavy atom. The van der Waals surface area contributed by atoms with Crippen molar-refractivity contribution in [3.8, 4) is 11.8 Å². The second-order valence-electron chi connectivity index (χ2n) is 7.16. The second kappa shape index (κ2) is 8.55. The molecule has 11 heteroatoms. The van der Waals surface area contributed by atoms with E-state index in [1.807, 2.05) is 0 Å². The van der Waals surface area contributed by atoms with E-state index in [2.05, 4.69) is 32.2 Å². The van der Waals surface area contributed by atoms with Crippen LogP contribution in [0, 0.1) is 11.8 Å². The number of halogens is 3. The zero-order chi connectivity index (χ0) is 23.6. The molecule has 0 saturated heterocycles. The zero-order valence-electron chi connectivity index (χ0n) is 17.1. The summed E-state index contributed by atoms with van der Waals surface area (Å²) in [5.74, 6) is 6.15. The molecule has 0 amide bonds. The third-order valence-corrected chi connectivity index (χ3v) is 5.63. The number of benzene rings is 1. The molecule has 1 aromatic carbocycles. The van der Waals surface area contributed by atoms with E-state index < -0.39 is 22.6 Å². The van der Waals surface area contributed by atoms with Gasteiger partial charge in [0.2, 0.25) is 0 Å². The summed E-state index contributed by atoms with van der Waals surface area (Å²) in [6, 6.07) is 9.76. The highest BCUT2D eigenvalue weighted by atomic mass is 32.2. The molecular weight excluding hydrogens is 455 g/mol. The lowest BCUT2D eigenvalue weighted by Crippen LogP contribution is -2.17. The van der Waals surface area contributed by atoms with Gasteiger partial charge < -0.3 is 5.32 Å². The maximum Gasteiger partial charge on any atom is 0.408 e. The Labute approximate surface area is 187 Å². The molecular formula is C22H16F3N5O2S. The molecule has 168 valence electrons. The number of anilines is 2. The van der Waals surface area contributed by atoms with Gasteiger partial charge in [-0.05, 0) is 42.3 Å². The number of fused-ring (bicyclic) bond motifs is 1. The number of nitrogens with one attached hydrogen (secondary N) is 1. The monoisotopic (exact) mass is 471 g/mol. The SMILES string of the molecule is CS(=O)(=O)c1ccc(Nc2cc3c(C#Cc4cnn(CC(F)(F)F)c4)nccc3cn2)cc1. The largest absolute Gasteiger partial charge is 0.408 e. The highest BCUT2D eigenvalue weighted by molar-refractivity contribution is 7.90. The van der Waals surface area contributed by atoms with Crippen LogP contribution in [0.15, 0.2) is 66.1 Å². The lowest BCUT2D eigenvalue weighted by molar-refractivity contribution is -0.142. The Morgan fingerprint density at radius 3 is 2.52 bits per heavy atom. The fourth-order valence-electron chi connectivity index (χ4n) is 3.00. The third kappa shape index (κ3) is 5.67. The molecule has 4 aromatic rings. The van der Waals surface area contributed by atoms with Gasteiger partial charge in [-0.15, -0.1) is 0 Å². The van der Waals surface area contributed by atoms with Gasteiger partial charge in [0.15, 0.2) is 9.84 Å². The Morgan fingerprint density at radius 2 is 1.82 bits per heavy atom. The summed E-state index contributed by atoms with van der Waals surface area (Å²) in [4.78, 5) is 8.83. The fraction of sp³-hybridized carbons (Fsp3) is 0.136. The van der Waals surface area contributed by atoms with Crippen LogP contribution in [0.1, 0.15) is 11.3 Å². The second-order valence-corrected chi connectivity index (χ2v) is 9.18. The molecule has 0 spiro atoms. The van der Waals surface area contributed by atoms with Crippen LogP contribution in [-0.4, -0.2) is 40.6 Å². The van der Waals surface area contributed by atoms with Crippen LogP contribution in [0.5, 0.6) is 0 Å². The first kappa shape index (κ1) is 22.3. The lowest BCUT2D eigenvalue weighted by Gasteiger charge is -2.08. The standard InChI is InChI=1S/C22H16F3N5O2S/c1-33(31,32)18-5-3-17(4-6-18)29-21-10-19-16(12-27-21)8-9-26-20(19)7-2-15-11-28-30(13-15)14-22(23,24)25/h3-6,8-13H,14H2,1H3,(H,27,29). The van der Waals surface area contributed by atoms with Crippen LogP contribution in [0.2, 0.25) is 0 Å². The van der Waals surface area contributed by atoms with Gasteiger partial charge in [0.25, 0.3) is 0 Å². The first-order valence-corrected chi connectivity index (χ1v) is 11.4. The number of hydrogen-bond acceptors (Lipinski definition) is 6. The summed E-state index contributed by atoms with van der Waals surface area (Å²) in [6.07, 6.45) is 2.46. The molecule has 0 bridgehead atoms. The van der Waals surface area contributed by atoms with Gasteiger partial charge in [0.05, 0.1) is 16.7 Å². The van der Waals surface area contributed by atoms with Crippen molar-refractivity contribution in [3.63, 3.8) is 0 Å². The average molecular weight is 471 g/mol. The normalized spacial score (nSPS) is 11.8. The summed E-state index contributed by atoms with van der Waals surface area (Å²) >= 11 is 0. The topological polar surface area (TPSA) is 89.8 Å². The molecule has 0 radical (unpaired) electrons. The van der Waals surface area contributed by atoms with Crippen molar-refractivity contribution in [3.05, 3.63) is 72.4 Å². The van der Waals surface area contributed by atoms with E-state index in [4.69, 9.17) is 0 Å². The van der Waals surface area contributed by atoms with Crippen molar-refractivity contribution in [1.29, 1.82) is 0 Å². The maximum absolute atomic E-state index is 12.5. The molecule has 0 atom stereocenters. The van der Waals surface area contributed by atoms with Gasteiger partial charge in [-0.1, -0.05) is 5.92 Å². The van der Waals surface area contributed by atoms with Crippen LogP contribution < -0.4 is 5.32 Å². The smallest absolute Gasteiger partial charge is 0.340 e. The molecule has 1 N–H and O–H groups in total. The quantitative estimate of drug-likeness (QED) is 0.454. The summed E-state index contributed by atoms with van der Waals surface area (Å²) in [5, 5.41) is 8.24. The van der Waals surface area contributed by atoms with Crippen molar-refractivity contribution in [2.45, 2.75) is 17.6 Å². The number of alkyl halides is 3. The van der Waals surface area contributed by atoms with E-state index in [1.54, 1.807) is 36.7 Å². The van der Waals surface area contributed by atoms with Crippen LogP contribution in [0.3, 0.4) is 0 Å². The van der Waals surface area contributed by atoms with Crippen LogP contribution in [0.4, 0.5) is 24.7 Å². The van der Waals surface area contributed by atoms with Crippen LogP contribution in [-0.2, 0) is 16.4 Å². The van der Waals surface area contributed by atoms with E-state index in [-0.39, 0.29) is 4.90 Å². The van der Waals surface area contributed by atoms with Crippen LogP contribution in [0.25, 0.3) is 10.8 Å². The minimum atomic E-state index is -4.37. The molecule has 4 rings (SSSR count). The summed E-state index contributed by atoms with van der Waals surface area (Å²) < 4.78 is 61.5. The number of pyridine rings is 2. The predicted octanol–water partition coefficient (Wildman–Crippen LogP) is 3.94. The Balaban J connectivity index is 1.60. The molecule has 0 fully saturated rings. The fourth-order valence-corrected chi connectivity index (χ4v) is 3.63. The molecule has 0 unspecified atom stereocenters. The highest BCUT2D eigenvalue weighted by Crippen LogP contribution is 2.23. The van der Waals surface area contributed by atoms with Crippen molar-refractivity contribution in [1.82, 2.24) is 19.7 Å². The maximum atomic E-state index is 12.5. The van der Waals surface area contributed by atoms with Gasteiger partial charge in [-0.2, -0.15) is 18.3 Å². The van der Waals surface area contributed by atoms with Crippen molar-refractivity contribution < 1.29 is 21.6 Å². The van der Waals surface area contributed by atoms with E-state index >= 15 is 0 Å². The zero-order valence-corrected chi connectivity index (χ0v) is 17.9. The molecule has 0 aliphatic heterocycles. The summed E-state index contributed by atoms with van der Waals surface area (Å²) in [5.41, 5.74) is 1.40. The Hall–Kier alpha value is -3.91. The van der Waals surface area contributed by atoms with Gasteiger partial charge in [-0.3, -0.25) is 4.68 Å². The van der Waals surface area contributed by atoms with Gasteiger partial charge in [-0.25, -0.2) is 18.4 Å². The molecule has 33 heavy (non-hydrogen) atoms.